The van der Waals surface area contributed by atoms with E-state index < -0.39 is 0 Å². The van der Waals surface area contributed by atoms with Gasteiger partial charge in [-0.3, -0.25) is 0 Å². The van der Waals surface area contributed by atoms with Crippen LogP contribution >= 0.6 is 11.6 Å². The second kappa shape index (κ2) is 11.0. The van der Waals surface area contributed by atoms with Crippen LogP contribution < -0.4 is 15.8 Å². The van der Waals surface area contributed by atoms with Crippen molar-refractivity contribution in [3.8, 4) is 5.75 Å². The fourth-order valence-electron chi connectivity index (χ4n) is 2.48. The molecular formula is C21H22ClN5O3. The van der Waals surface area contributed by atoms with Crippen LogP contribution in [0.25, 0.3) is 0 Å². The number of nitrogen functional groups attached to an aromatic ring is 1. The third-order valence-electron chi connectivity index (χ3n) is 4.00. The number of aliphatic hydroxyl groups excluding tert-OH is 1. The number of rotatable bonds is 10. The lowest BCUT2D eigenvalue weighted by Crippen LogP contribution is -2.05. The normalized spacial score (nSPS) is 10.9. The first kappa shape index (κ1) is 21.4. The maximum absolute atomic E-state index is 8.77. The van der Waals surface area contributed by atoms with Gasteiger partial charge in [-0.15, -0.1) is 0 Å². The smallest absolute Gasteiger partial charge is 0.144 e. The number of hydrogen-bond acceptors (Lipinski definition) is 8. The van der Waals surface area contributed by atoms with E-state index in [1.807, 2.05) is 36.4 Å². The number of benzene rings is 2. The highest BCUT2D eigenvalue weighted by Crippen LogP contribution is 2.30. The van der Waals surface area contributed by atoms with Crippen molar-refractivity contribution >= 4 is 35.1 Å². The van der Waals surface area contributed by atoms with Gasteiger partial charge < -0.3 is 25.7 Å². The summed E-state index contributed by atoms with van der Waals surface area (Å²) in [4.78, 5) is 13.3. The van der Waals surface area contributed by atoms with Crippen molar-refractivity contribution < 1.29 is 14.7 Å². The zero-order valence-corrected chi connectivity index (χ0v) is 16.9. The van der Waals surface area contributed by atoms with Crippen molar-refractivity contribution in [3.05, 3.63) is 71.0 Å². The lowest BCUT2D eigenvalue weighted by atomic mass is 10.2. The molecule has 0 amide bonds. The molecule has 0 radical (unpaired) electrons. The molecule has 3 rings (SSSR count). The minimum atomic E-state index is 0.0325. The van der Waals surface area contributed by atoms with Crippen LogP contribution in [0.2, 0.25) is 5.02 Å². The molecule has 0 bridgehead atoms. The highest BCUT2D eigenvalue weighted by Gasteiger charge is 2.10. The number of aromatic nitrogens is 2. The molecular weight excluding hydrogens is 406 g/mol. The van der Waals surface area contributed by atoms with E-state index in [0.29, 0.717) is 47.5 Å². The van der Waals surface area contributed by atoms with Crippen LogP contribution in [-0.2, 0) is 11.4 Å². The maximum atomic E-state index is 8.77. The molecule has 0 spiro atoms. The van der Waals surface area contributed by atoms with Crippen molar-refractivity contribution in [2.24, 2.45) is 5.16 Å². The Morgan fingerprint density at radius 1 is 1.17 bits per heavy atom. The van der Waals surface area contributed by atoms with E-state index in [1.54, 1.807) is 12.1 Å². The third kappa shape index (κ3) is 6.07. The average molecular weight is 428 g/mol. The van der Waals surface area contributed by atoms with E-state index >= 15 is 0 Å². The molecule has 0 saturated carbocycles. The minimum Gasteiger partial charge on any atom is -0.487 e. The van der Waals surface area contributed by atoms with Gasteiger partial charge in [0.1, 0.15) is 36.9 Å². The summed E-state index contributed by atoms with van der Waals surface area (Å²) < 4.78 is 5.80. The SMILES string of the molecule is Nc1ncnc(Nc2ccc(OCc3ccccc3)c(Cl)c2)c1C=NOCCCO. The summed E-state index contributed by atoms with van der Waals surface area (Å²) in [5.74, 6) is 1.27. The van der Waals surface area contributed by atoms with Gasteiger partial charge in [-0.25, -0.2) is 9.97 Å². The Hall–Kier alpha value is -3.36. The van der Waals surface area contributed by atoms with Crippen molar-refractivity contribution in [2.45, 2.75) is 13.0 Å². The van der Waals surface area contributed by atoms with Gasteiger partial charge in [0.25, 0.3) is 0 Å². The number of hydrogen-bond donors (Lipinski definition) is 3. The van der Waals surface area contributed by atoms with Gasteiger partial charge >= 0.3 is 0 Å². The van der Waals surface area contributed by atoms with Crippen LogP contribution in [0.3, 0.4) is 0 Å². The summed E-state index contributed by atoms with van der Waals surface area (Å²) in [6.07, 6.45) is 3.26. The van der Waals surface area contributed by atoms with E-state index in [-0.39, 0.29) is 12.4 Å². The third-order valence-corrected chi connectivity index (χ3v) is 4.29. The molecule has 0 atom stereocenters. The molecule has 1 aromatic heterocycles. The topological polar surface area (TPSA) is 115 Å². The van der Waals surface area contributed by atoms with Crippen LogP contribution in [0, 0.1) is 0 Å². The van der Waals surface area contributed by atoms with Crippen molar-refractivity contribution in [2.75, 3.05) is 24.3 Å². The molecule has 8 nitrogen and oxygen atoms in total. The first-order valence-electron chi connectivity index (χ1n) is 9.27. The zero-order valence-electron chi connectivity index (χ0n) is 16.2. The van der Waals surface area contributed by atoms with Gasteiger partial charge in [0.2, 0.25) is 0 Å². The van der Waals surface area contributed by atoms with Crippen molar-refractivity contribution in [1.82, 2.24) is 9.97 Å². The lowest BCUT2D eigenvalue weighted by molar-refractivity contribution is 0.125. The summed E-state index contributed by atoms with van der Waals surface area (Å²) in [6, 6.07) is 15.2. The summed E-state index contributed by atoms with van der Waals surface area (Å²) in [5.41, 5.74) is 8.16. The minimum absolute atomic E-state index is 0.0325. The maximum Gasteiger partial charge on any atom is 0.144 e. The number of halogens is 1. The molecule has 4 N–H and O–H groups in total. The van der Waals surface area contributed by atoms with E-state index in [1.165, 1.54) is 12.5 Å². The van der Waals surface area contributed by atoms with Gasteiger partial charge in [0, 0.05) is 18.7 Å². The molecule has 0 aliphatic heterocycles. The fourth-order valence-corrected chi connectivity index (χ4v) is 2.71. The second-order valence-electron chi connectivity index (χ2n) is 6.21. The van der Waals surface area contributed by atoms with Crippen molar-refractivity contribution in [3.63, 3.8) is 0 Å². The van der Waals surface area contributed by atoms with Crippen LogP contribution in [0.4, 0.5) is 17.3 Å². The predicted molar refractivity (Wildman–Crippen MR) is 117 cm³/mol. The molecule has 0 fully saturated rings. The molecule has 1 heterocycles. The Morgan fingerprint density at radius 3 is 2.77 bits per heavy atom. The van der Waals surface area contributed by atoms with Gasteiger partial charge in [0.05, 0.1) is 16.8 Å². The highest BCUT2D eigenvalue weighted by molar-refractivity contribution is 6.32. The molecule has 0 aliphatic carbocycles. The Balaban J connectivity index is 1.69. The largest absolute Gasteiger partial charge is 0.487 e. The average Bonchev–Trinajstić information content (AvgIpc) is 2.75. The van der Waals surface area contributed by atoms with Gasteiger partial charge in [-0.1, -0.05) is 47.1 Å². The monoisotopic (exact) mass is 427 g/mol. The summed E-state index contributed by atoms with van der Waals surface area (Å²) in [5, 5.41) is 16.2. The summed E-state index contributed by atoms with van der Waals surface area (Å²) in [6.45, 7) is 0.751. The summed E-state index contributed by atoms with van der Waals surface area (Å²) in [7, 11) is 0. The lowest BCUT2D eigenvalue weighted by Gasteiger charge is -2.12. The molecule has 0 saturated heterocycles. The second-order valence-corrected chi connectivity index (χ2v) is 6.62. The zero-order chi connectivity index (χ0) is 21.2. The molecule has 9 heteroatoms. The Morgan fingerprint density at radius 2 is 2.00 bits per heavy atom. The van der Waals surface area contributed by atoms with Crippen LogP contribution in [-0.4, -0.2) is 34.5 Å². The van der Waals surface area contributed by atoms with Gasteiger partial charge in [-0.05, 0) is 23.8 Å². The van der Waals surface area contributed by atoms with Gasteiger partial charge in [-0.2, -0.15) is 0 Å². The van der Waals surface area contributed by atoms with Crippen LogP contribution in [0.15, 0.2) is 60.0 Å². The Bertz CT molecular complexity index is 986. The van der Waals surface area contributed by atoms with E-state index in [2.05, 4.69) is 20.4 Å². The van der Waals surface area contributed by atoms with E-state index in [0.717, 1.165) is 5.56 Å². The molecule has 156 valence electrons. The van der Waals surface area contributed by atoms with Gasteiger partial charge in [0.15, 0.2) is 0 Å². The number of ether oxygens (including phenoxy) is 1. The fraction of sp³-hybridized carbons (Fsp3) is 0.190. The molecule has 0 unspecified atom stereocenters. The van der Waals surface area contributed by atoms with E-state index in [4.69, 9.17) is 32.0 Å². The number of nitrogens with two attached hydrogens (primary N) is 1. The number of nitrogens with one attached hydrogen (secondary N) is 1. The van der Waals surface area contributed by atoms with Crippen LogP contribution in [0.5, 0.6) is 5.75 Å². The molecule has 2 aromatic carbocycles. The van der Waals surface area contributed by atoms with E-state index in [9.17, 15) is 0 Å². The first-order chi connectivity index (χ1) is 14.7. The highest BCUT2D eigenvalue weighted by atomic mass is 35.5. The molecule has 0 aliphatic rings. The van der Waals surface area contributed by atoms with Crippen LogP contribution in [0.1, 0.15) is 17.5 Å². The first-order valence-corrected chi connectivity index (χ1v) is 9.65. The number of anilines is 3. The molecule has 30 heavy (non-hydrogen) atoms. The number of aliphatic hydroxyl groups is 1. The summed E-state index contributed by atoms with van der Waals surface area (Å²) >= 11 is 6.38. The molecule has 3 aromatic rings. The number of oxime groups is 1. The predicted octanol–water partition coefficient (Wildman–Crippen LogP) is 3.77. The standard InChI is InChI=1S/C21H22ClN5O3/c22-18-11-16(7-8-19(18)29-13-15-5-2-1-3-6-15)27-21-17(20(23)24-14-25-21)12-26-30-10-4-9-28/h1-3,5-8,11-12,14,28H,4,9-10,13H2,(H3,23,24,25,27). The number of nitrogens with zero attached hydrogens (tertiary/aromatic N) is 3. The Labute approximate surface area is 179 Å². The quantitative estimate of drug-likeness (QED) is 0.256. The Kier molecular flexibility index (Phi) is 7.82. The van der Waals surface area contributed by atoms with Crippen molar-refractivity contribution in [1.29, 1.82) is 0 Å².